The largest absolute Gasteiger partial charge is 0.379 e. The first-order valence-corrected chi connectivity index (χ1v) is 7.43. The van der Waals surface area contributed by atoms with Crippen molar-refractivity contribution in [3.05, 3.63) is 35.5 Å². The van der Waals surface area contributed by atoms with Gasteiger partial charge in [0, 0.05) is 49.3 Å². The Labute approximate surface area is 120 Å². The number of benzene rings is 1. The van der Waals surface area contributed by atoms with Gasteiger partial charge in [0.25, 0.3) is 0 Å². The number of rotatable bonds is 4. The van der Waals surface area contributed by atoms with Gasteiger partial charge < -0.3 is 15.0 Å². The summed E-state index contributed by atoms with van der Waals surface area (Å²) >= 11 is 0. The number of nitrogens with two attached hydrogens (primary N) is 1. The zero-order valence-electron chi connectivity index (χ0n) is 12.1. The molecule has 1 fully saturated rings. The Hall–Kier alpha value is -1.36. The van der Waals surface area contributed by atoms with Gasteiger partial charge in [-0.1, -0.05) is 6.07 Å². The fraction of sp³-hybridized carbons (Fsp3) is 0.500. The maximum atomic E-state index is 5.74. The molecule has 0 atom stereocenters. The molecule has 0 amide bonds. The number of nitrogens with zero attached hydrogens (tertiary/aromatic N) is 2. The fourth-order valence-corrected chi connectivity index (χ4v) is 3.00. The lowest BCUT2D eigenvalue weighted by Crippen LogP contribution is -2.36. The minimum Gasteiger partial charge on any atom is -0.379 e. The van der Waals surface area contributed by atoms with Gasteiger partial charge in [-0.3, -0.25) is 4.90 Å². The molecule has 3 rings (SSSR count). The lowest BCUT2D eigenvalue weighted by atomic mass is 10.1. The van der Waals surface area contributed by atoms with E-state index in [-0.39, 0.29) is 0 Å². The van der Waals surface area contributed by atoms with E-state index in [4.69, 9.17) is 10.5 Å². The van der Waals surface area contributed by atoms with Crippen molar-refractivity contribution < 1.29 is 4.74 Å². The number of ether oxygens (including phenoxy) is 1. The molecule has 0 radical (unpaired) electrons. The van der Waals surface area contributed by atoms with Crippen molar-refractivity contribution in [1.29, 1.82) is 0 Å². The Morgan fingerprint density at radius 3 is 2.70 bits per heavy atom. The van der Waals surface area contributed by atoms with E-state index >= 15 is 0 Å². The number of fused-ring (bicyclic) bond motifs is 1. The van der Waals surface area contributed by atoms with Crippen LogP contribution in [0.5, 0.6) is 0 Å². The summed E-state index contributed by atoms with van der Waals surface area (Å²) in [5, 5.41) is 1.30. The predicted molar refractivity (Wildman–Crippen MR) is 81.6 cm³/mol. The van der Waals surface area contributed by atoms with Gasteiger partial charge in [-0.25, -0.2) is 0 Å². The second-order valence-corrected chi connectivity index (χ2v) is 5.37. The number of hydrogen-bond donors (Lipinski definition) is 1. The first-order valence-electron chi connectivity index (χ1n) is 7.43. The van der Waals surface area contributed by atoms with Crippen molar-refractivity contribution >= 4 is 10.9 Å². The minimum atomic E-state index is 0.603. The third-order valence-electron chi connectivity index (χ3n) is 4.09. The Bertz CT molecular complexity index is 585. The zero-order chi connectivity index (χ0) is 13.9. The Balaban J connectivity index is 1.92. The summed E-state index contributed by atoms with van der Waals surface area (Å²) in [6.07, 6.45) is 0. The van der Waals surface area contributed by atoms with Gasteiger partial charge in [-0.2, -0.15) is 0 Å². The molecule has 0 spiro atoms. The molecule has 1 aliphatic rings. The van der Waals surface area contributed by atoms with Crippen LogP contribution in [0.3, 0.4) is 0 Å². The van der Waals surface area contributed by atoms with Crippen LogP contribution in [0.4, 0.5) is 0 Å². The van der Waals surface area contributed by atoms with Crippen LogP contribution in [0.15, 0.2) is 24.3 Å². The van der Waals surface area contributed by atoms with Crippen molar-refractivity contribution in [2.24, 2.45) is 5.73 Å². The number of aromatic nitrogens is 1. The van der Waals surface area contributed by atoms with E-state index in [0.717, 1.165) is 39.4 Å². The average Bonchev–Trinajstić information content (AvgIpc) is 2.84. The van der Waals surface area contributed by atoms with Crippen LogP contribution in [0.25, 0.3) is 10.9 Å². The molecule has 2 N–H and O–H groups in total. The van der Waals surface area contributed by atoms with Crippen LogP contribution in [0.2, 0.25) is 0 Å². The highest BCUT2D eigenvalue weighted by Crippen LogP contribution is 2.23. The molecule has 0 aliphatic carbocycles. The van der Waals surface area contributed by atoms with Crippen LogP contribution >= 0.6 is 0 Å². The number of aryl methyl sites for hydroxylation is 1. The van der Waals surface area contributed by atoms with Gasteiger partial charge >= 0.3 is 0 Å². The SMILES string of the molecule is CCn1c(CN2CCOCC2)cc2cc(CN)ccc21. The molecule has 4 heteroatoms. The summed E-state index contributed by atoms with van der Waals surface area (Å²) in [6, 6.07) is 8.86. The zero-order valence-corrected chi connectivity index (χ0v) is 12.1. The predicted octanol–water partition coefficient (Wildman–Crippen LogP) is 1.95. The van der Waals surface area contributed by atoms with E-state index < -0.39 is 0 Å². The van der Waals surface area contributed by atoms with E-state index in [1.807, 2.05) is 0 Å². The Morgan fingerprint density at radius 2 is 2.00 bits per heavy atom. The molecule has 1 aliphatic heterocycles. The normalized spacial score (nSPS) is 16.9. The maximum absolute atomic E-state index is 5.74. The Kier molecular flexibility index (Phi) is 4.05. The highest BCUT2D eigenvalue weighted by atomic mass is 16.5. The van der Waals surface area contributed by atoms with Crippen LogP contribution in [-0.2, 0) is 24.4 Å². The summed E-state index contributed by atoms with van der Waals surface area (Å²) in [7, 11) is 0. The molecule has 1 aromatic heterocycles. The first-order chi connectivity index (χ1) is 9.81. The molecular weight excluding hydrogens is 250 g/mol. The highest BCUT2D eigenvalue weighted by molar-refractivity contribution is 5.82. The molecule has 4 nitrogen and oxygen atoms in total. The molecule has 0 bridgehead atoms. The van der Waals surface area contributed by atoms with Crippen LogP contribution in [0, 0.1) is 0 Å². The highest BCUT2D eigenvalue weighted by Gasteiger charge is 2.14. The van der Waals surface area contributed by atoms with Gasteiger partial charge in [-0.15, -0.1) is 0 Å². The molecule has 0 unspecified atom stereocenters. The summed E-state index contributed by atoms with van der Waals surface area (Å²) in [4.78, 5) is 2.47. The Morgan fingerprint density at radius 1 is 1.20 bits per heavy atom. The molecule has 2 aromatic rings. The topological polar surface area (TPSA) is 43.4 Å². The van der Waals surface area contributed by atoms with Gasteiger partial charge in [-0.05, 0) is 30.7 Å². The molecule has 1 saturated heterocycles. The maximum Gasteiger partial charge on any atom is 0.0594 e. The summed E-state index contributed by atoms with van der Waals surface area (Å²) in [6.45, 7) is 8.58. The van der Waals surface area contributed by atoms with Crippen LogP contribution < -0.4 is 5.73 Å². The lowest BCUT2D eigenvalue weighted by molar-refractivity contribution is 0.0332. The fourth-order valence-electron chi connectivity index (χ4n) is 3.00. The molecule has 0 saturated carbocycles. The van der Waals surface area contributed by atoms with Crippen molar-refractivity contribution in [1.82, 2.24) is 9.47 Å². The molecule has 2 heterocycles. The van der Waals surface area contributed by atoms with Gasteiger partial charge in [0.2, 0.25) is 0 Å². The van der Waals surface area contributed by atoms with Gasteiger partial charge in [0.1, 0.15) is 0 Å². The van der Waals surface area contributed by atoms with Crippen LogP contribution in [0.1, 0.15) is 18.2 Å². The summed E-state index contributed by atoms with van der Waals surface area (Å²) in [5.74, 6) is 0. The van der Waals surface area contributed by atoms with Gasteiger partial charge in [0.05, 0.1) is 13.2 Å². The first kappa shape index (κ1) is 13.6. The second kappa shape index (κ2) is 5.95. The number of hydrogen-bond acceptors (Lipinski definition) is 3. The van der Waals surface area contributed by atoms with E-state index in [0.29, 0.717) is 6.54 Å². The molecular formula is C16H23N3O. The lowest BCUT2D eigenvalue weighted by Gasteiger charge is -2.26. The van der Waals surface area contributed by atoms with Crippen LogP contribution in [-0.4, -0.2) is 35.8 Å². The quantitative estimate of drug-likeness (QED) is 0.926. The standard InChI is InChI=1S/C16H23N3O/c1-2-19-15(12-18-5-7-20-8-6-18)10-14-9-13(11-17)3-4-16(14)19/h3-4,9-10H,2,5-8,11-12,17H2,1H3. The van der Waals surface area contributed by atoms with E-state index in [1.165, 1.54) is 22.2 Å². The summed E-state index contributed by atoms with van der Waals surface area (Å²) in [5.41, 5.74) is 9.64. The molecule has 108 valence electrons. The second-order valence-electron chi connectivity index (χ2n) is 5.37. The average molecular weight is 273 g/mol. The van der Waals surface area contributed by atoms with Crippen molar-refractivity contribution in [2.75, 3.05) is 26.3 Å². The summed E-state index contributed by atoms with van der Waals surface area (Å²) < 4.78 is 7.83. The van der Waals surface area contributed by atoms with E-state index in [1.54, 1.807) is 0 Å². The number of morpholine rings is 1. The van der Waals surface area contributed by atoms with Crippen molar-refractivity contribution in [3.63, 3.8) is 0 Å². The van der Waals surface area contributed by atoms with Crippen molar-refractivity contribution in [2.45, 2.75) is 26.6 Å². The smallest absolute Gasteiger partial charge is 0.0594 e. The van der Waals surface area contributed by atoms with Gasteiger partial charge in [0.15, 0.2) is 0 Å². The van der Waals surface area contributed by atoms with E-state index in [2.05, 4.69) is 40.7 Å². The molecule has 20 heavy (non-hydrogen) atoms. The van der Waals surface area contributed by atoms with E-state index in [9.17, 15) is 0 Å². The third kappa shape index (κ3) is 2.59. The monoisotopic (exact) mass is 273 g/mol. The minimum absolute atomic E-state index is 0.603. The van der Waals surface area contributed by atoms with Crippen molar-refractivity contribution in [3.8, 4) is 0 Å². The molecule has 1 aromatic carbocycles. The third-order valence-corrected chi connectivity index (χ3v) is 4.09.